The lowest BCUT2D eigenvalue weighted by Crippen LogP contribution is -2.30. The first-order valence-electron chi connectivity index (χ1n) is 10.4. The number of benzene rings is 1. The Balaban J connectivity index is 1.48. The van der Waals surface area contributed by atoms with Crippen LogP contribution in [0.4, 0.5) is 11.4 Å². The quantitative estimate of drug-likeness (QED) is 0.735. The van der Waals surface area contributed by atoms with Crippen LogP contribution in [0.2, 0.25) is 0 Å². The van der Waals surface area contributed by atoms with E-state index in [0.717, 1.165) is 71.5 Å². The number of aryl methyl sites for hydroxylation is 2. The predicted molar refractivity (Wildman–Crippen MR) is 118 cm³/mol. The van der Waals surface area contributed by atoms with Gasteiger partial charge in [-0.15, -0.1) is 0 Å². The molecule has 1 amide bonds. The molecule has 1 atom stereocenters. The highest BCUT2D eigenvalue weighted by Crippen LogP contribution is 2.34. The van der Waals surface area contributed by atoms with E-state index in [1.165, 1.54) is 0 Å². The molecule has 2 heterocycles. The molecule has 0 spiro atoms. The molecule has 0 radical (unpaired) electrons. The van der Waals surface area contributed by atoms with E-state index in [2.05, 4.69) is 35.1 Å². The van der Waals surface area contributed by atoms with E-state index in [4.69, 9.17) is 0 Å². The number of aromatic nitrogens is 2. The molecule has 1 aromatic heterocycles. The van der Waals surface area contributed by atoms with E-state index < -0.39 is 0 Å². The minimum Gasteiger partial charge on any atom is -0.372 e. The summed E-state index contributed by atoms with van der Waals surface area (Å²) in [6.07, 6.45) is 2.99. The number of thioether (sulfide) groups is 1. The van der Waals surface area contributed by atoms with Crippen molar-refractivity contribution >= 4 is 29.0 Å². The summed E-state index contributed by atoms with van der Waals surface area (Å²) in [6.45, 7) is 8.19. The predicted octanol–water partition coefficient (Wildman–Crippen LogP) is 3.56. The van der Waals surface area contributed by atoms with Crippen LogP contribution in [-0.2, 0) is 17.6 Å². The third-order valence-electron chi connectivity index (χ3n) is 5.91. The van der Waals surface area contributed by atoms with Gasteiger partial charge in [-0.25, -0.2) is 4.98 Å². The number of hydrogen-bond acceptors (Lipinski definition) is 5. The lowest BCUT2D eigenvalue weighted by atomic mass is 10.1. The fraction of sp³-hybridized carbons (Fsp3) is 0.500. The van der Waals surface area contributed by atoms with Gasteiger partial charge in [0.2, 0.25) is 5.91 Å². The number of rotatable bonds is 6. The third kappa shape index (κ3) is 3.80. The van der Waals surface area contributed by atoms with Gasteiger partial charge in [0.25, 0.3) is 5.56 Å². The summed E-state index contributed by atoms with van der Waals surface area (Å²) in [6, 6.07) is 6.00. The van der Waals surface area contributed by atoms with E-state index in [1.807, 2.05) is 19.1 Å². The monoisotopic (exact) mass is 412 g/mol. The molecule has 0 saturated carbocycles. The van der Waals surface area contributed by atoms with Crippen LogP contribution in [-0.4, -0.2) is 34.3 Å². The van der Waals surface area contributed by atoms with Crippen LogP contribution < -0.4 is 15.8 Å². The summed E-state index contributed by atoms with van der Waals surface area (Å²) in [5.74, 6) is 0.660. The molecule has 1 aliphatic carbocycles. The summed E-state index contributed by atoms with van der Waals surface area (Å²) in [7, 11) is 0. The fourth-order valence-electron chi connectivity index (χ4n) is 4.29. The average Bonchev–Trinajstić information content (AvgIpc) is 3.33. The highest BCUT2D eigenvalue weighted by atomic mass is 32.2. The Morgan fingerprint density at radius 3 is 2.83 bits per heavy atom. The van der Waals surface area contributed by atoms with Gasteiger partial charge in [0.1, 0.15) is 0 Å². The van der Waals surface area contributed by atoms with Gasteiger partial charge in [0.15, 0.2) is 5.16 Å². The van der Waals surface area contributed by atoms with E-state index in [9.17, 15) is 9.59 Å². The molecule has 0 fully saturated rings. The van der Waals surface area contributed by atoms with Gasteiger partial charge < -0.3 is 10.2 Å². The van der Waals surface area contributed by atoms with Crippen molar-refractivity contribution in [2.45, 2.75) is 57.7 Å². The average molecular weight is 413 g/mol. The number of amides is 1. The molecular formula is C22H28N4O2S. The topological polar surface area (TPSA) is 67.2 Å². The minimum absolute atomic E-state index is 0.0602. The van der Waals surface area contributed by atoms with Gasteiger partial charge in [0, 0.05) is 42.2 Å². The first kappa shape index (κ1) is 20.0. The van der Waals surface area contributed by atoms with Crippen molar-refractivity contribution in [3.05, 3.63) is 45.4 Å². The van der Waals surface area contributed by atoms with Crippen LogP contribution in [0.3, 0.4) is 0 Å². The van der Waals surface area contributed by atoms with Crippen molar-refractivity contribution in [2.24, 2.45) is 0 Å². The summed E-state index contributed by atoms with van der Waals surface area (Å²) >= 11 is 1.58. The van der Waals surface area contributed by atoms with Gasteiger partial charge in [-0.3, -0.25) is 14.2 Å². The first-order valence-corrected chi connectivity index (χ1v) is 11.4. The van der Waals surface area contributed by atoms with Crippen molar-refractivity contribution in [3.8, 4) is 0 Å². The summed E-state index contributed by atoms with van der Waals surface area (Å²) in [5.41, 5.74) is 4.91. The molecule has 0 saturated heterocycles. The van der Waals surface area contributed by atoms with Gasteiger partial charge in [-0.1, -0.05) is 11.8 Å². The summed E-state index contributed by atoms with van der Waals surface area (Å²) in [4.78, 5) is 32.6. The Labute approximate surface area is 175 Å². The molecule has 0 bridgehead atoms. The smallest absolute Gasteiger partial charge is 0.257 e. The van der Waals surface area contributed by atoms with E-state index >= 15 is 0 Å². The van der Waals surface area contributed by atoms with Crippen molar-refractivity contribution in [1.82, 2.24) is 9.55 Å². The number of anilines is 2. The summed E-state index contributed by atoms with van der Waals surface area (Å²) < 4.78 is 1.75. The van der Waals surface area contributed by atoms with Gasteiger partial charge in [-0.05, 0) is 63.8 Å². The molecule has 2 aliphatic rings. The molecule has 1 aromatic carbocycles. The SMILES string of the molecule is CCN(CC)c1ccc(NC(=O)CC2CSc3nc4c(c(=O)n32)CCC4)c(C)c1. The minimum atomic E-state index is -0.129. The molecule has 1 aliphatic heterocycles. The molecule has 154 valence electrons. The Bertz CT molecular complexity index is 997. The van der Waals surface area contributed by atoms with E-state index in [1.54, 1.807) is 16.3 Å². The van der Waals surface area contributed by atoms with Crippen molar-refractivity contribution < 1.29 is 4.79 Å². The van der Waals surface area contributed by atoms with Crippen LogP contribution >= 0.6 is 11.8 Å². The zero-order chi connectivity index (χ0) is 20.5. The molecule has 6 nitrogen and oxygen atoms in total. The Kier molecular flexibility index (Phi) is 5.67. The van der Waals surface area contributed by atoms with Crippen LogP contribution in [0.1, 0.15) is 49.6 Å². The van der Waals surface area contributed by atoms with Crippen molar-refractivity contribution in [3.63, 3.8) is 0 Å². The molecule has 4 rings (SSSR count). The number of nitrogens with zero attached hydrogens (tertiary/aromatic N) is 3. The zero-order valence-corrected chi connectivity index (χ0v) is 18.1. The van der Waals surface area contributed by atoms with Gasteiger partial charge >= 0.3 is 0 Å². The molecule has 1 unspecified atom stereocenters. The molecular weight excluding hydrogens is 384 g/mol. The Morgan fingerprint density at radius 1 is 1.31 bits per heavy atom. The normalized spacial score (nSPS) is 17.1. The lowest BCUT2D eigenvalue weighted by molar-refractivity contribution is -0.116. The Hall–Kier alpha value is -2.28. The lowest BCUT2D eigenvalue weighted by Gasteiger charge is -2.22. The molecule has 29 heavy (non-hydrogen) atoms. The largest absolute Gasteiger partial charge is 0.372 e. The Morgan fingerprint density at radius 2 is 2.10 bits per heavy atom. The summed E-state index contributed by atoms with van der Waals surface area (Å²) in [5, 5.41) is 3.81. The maximum Gasteiger partial charge on any atom is 0.257 e. The molecule has 7 heteroatoms. The maximum absolute atomic E-state index is 12.9. The third-order valence-corrected chi connectivity index (χ3v) is 7.00. The second-order valence-electron chi connectivity index (χ2n) is 7.74. The number of hydrogen-bond donors (Lipinski definition) is 1. The standard InChI is InChI=1S/C22H28N4O2S/c1-4-25(5-2)15-9-10-18(14(3)11-15)23-20(27)12-16-13-29-22-24-19-8-6-7-17(19)21(28)26(16)22/h9-11,16H,4-8,12-13H2,1-3H3,(H,23,27). The maximum atomic E-state index is 12.9. The number of carbonyl (C=O) groups is 1. The second-order valence-corrected chi connectivity index (χ2v) is 8.72. The number of fused-ring (bicyclic) bond motifs is 2. The highest BCUT2D eigenvalue weighted by molar-refractivity contribution is 7.99. The van der Waals surface area contributed by atoms with Crippen LogP contribution in [0.25, 0.3) is 0 Å². The number of carbonyl (C=O) groups excluding carboxylic acids is 1. The first-order chi connectivity index (χ1) is 14.0. The van der Waals surface area contributed by atoms with Gasteiger partial charge in [-0.2, -0.15) is 0 Å². The number of nitrogens with one attached hydrogen (secondary N) is 1. The van der Waals surface area contributed by atoms with E-state index in [0.29, 0.717) is 0 Å². The fourth-order valence-corrected chi connectivity index (χ4v) is 5.45. The van der Waals surface area contributed by atoms with Crippen molar-refractivity contribution in [1.29, 1.82) is 0 Å². The second kappa shape index (κ2) is 8.22. The van der Waals surface area contributed by atoms with Crippen molar-refractivity contribution in [2.75, 3.05) is 29.1 Å². The molecule has 1 N–H and O–H groups in total. The van der Waals surface area contributed by atoms with Crippen LogP contribution in [0.5, 0.6) is 0 Å². The van der Waals surface area contributed by atoms with Crippen LogP contribution in [0.15, 0.2) is 28.2 Å². The van der Waals surface area contributed by atoms with Crippen LogP contribution in [0, 0.1) is 6.92 Å². The van der Waals surface area contributed by atoms with Gasteiger partial charge in [0.05, 0.1) is 11.7 Å². The molecule has 2 aromatic rings. The highest BCUT2D eigenvalue weighted by Gasteiger charge is 2.31. The zero-order valence-electron chi connectivity index (χ0n) is 17.3. The van der Waals surface area contributed by atoms with E-state index in [-0.39, 0.29) is 23.9 Å².